The van der Waals surface area contributed by atoms with Gasteiger partial charge >= 0.3 is 0 Å². The monoisotopic (exact) mass is 292 g/mol. The van der Waals surface area contributed by atoms with Gasteiger partial charge in [-0.1, -0.05) is 29.8 Å². The highest BCUT2D eigenvalue weighted by Crippen LogP contribution is 2.18. The first-order chi connectivity index (χ1) is 9.56. The maximum atomic E-state index is 11.8. The average molecular weight is 293 g/mol. The number of nitro benzene ring substituents is 1. The highest BCUT2D eigenvalue weighted by molar-refractivity contribution is 6.29. The lowest BCUT2D eigenvalue weighted by atomic mass is 10.1. The maximum Gasteiger partial charge on any atom is 0.273 e. The molecule has 20 heavy (non-hydrogen) atoms. The topological polar surface area (TPSA) is 98.0 Å². The van der Waals surface area contributed by atoms with Crippen LogP contribution >= 0.6 is 11.6 Å². The van der Waals surface area contributed by atoms with Crippen LogP contribution in [-0.4, -0.2) is 20.8 Å². The van der Waals surface area contributed by atoms with Crippen molar-refractivity contribution in [3.05, 3.63) is 57.5 Å². The summed E-state index contributed by atoms with van der Waals surface area (Å²) in [6.07, 6.45) is 2.48. The first-order valence-electron chi connectivity index (χ1n) is 5.56. The molecule has 0 unspecified atom stereocenters. The molecule has 0 aliphatic heterocycles. The highest BCUT2D eigenvalue weighted by Gasteiger charge is 2.15. The van der Waals surface area contributed by atoms with Crippen LogP contribution < -0.4 is 5.32 Å². The highest BCUT2D eigenvalue weighted by atomic mass is 35.5. The molecule has 1 heterocycles. The van der Waals surface area contributed by atoms with Crippen molar-refractivity contribution < 1.29 is 9.72 Å². The van der Waals surface area contributed by atoms with E-state index in [1.807, 2.05) is 0 Å². The standard InChI is InChI=1S/C12H9ClN4O3/c13-10-6-15-11(7-14-10)16-12(18)5-8-3-1-2-4-9(8)17(19)20/h1-4,6-7H,5H2,(H,15,16,18). The van der Waals surface area contributed by atoms with Gasteiger partial charge in [-0.2, -0.15) is 0 Å². The van der Waals surface area contributed by atoms with Gasteiger partial charge in [-0.05, 0) is 0 Å². The fourth-order valence-corrected chi connectivity index (χ4v) is 1.67. The molecule has 0 fully saturated rings. The van der Waals surface area contributed by atoms with E-state index in [2.05, 4.69) is 15.3 Å². The summed E-state index contributed by atoms with van der Waals surface area (Å²) in [4.78, 5) is 29.7. The van der Waals surface area contributed by atoms with Gasteiger partial charge in [0.1, 0.15) is 5.15 Å². The first kappa shape index (κ1) is 13.9. The van der Waals surface area contributed by atoms with Gasteiger partial charge in [-0.15, -0.1) is 0 Å². The quantitative estimate of drug-likeness (QED) is 0.688. The Kier molecular flexibility index (Phi) is 4.21. The normalized spacial score (nSPS) is 10.1. The Morgan fingerprint density at radius 1 is 1.30 bits per heavy atom. The minimum atomic E-state index is -0.523. The molecule has 8 heteroatoms. The van der Waals surface area contributed by atoms with Gasteiger partial charge in [0.2, 0.25) is 5.91 Å². The van der Waals surface area contributed by atoms with E-state index in [9.17, 15) is 14.9 Å². The van der Waals surface area contributed by atoms with E-state index in [1.54, 1.807) is 12.1 Å². The summed E-state index contributed by atoms with van der Waals surface area (Å²) in [6.45, 7) is 0. The molecule has 0 saturated carbocycles. The van der Waals surface area contributed by atoms with Crippen LogP contribution in [0.3, 0.4) is 0 Å². The van der Waals surface area contributed by atoms with Crippen LogP contribution in [0.4, 0.5) is 11.5 Å². The molecule has 1 aromatic carbocycles. The van der Waals surface area contributed by atoms with E-state index in [4.69, 9.17) is 11.6 Å². The van der Waals surface area contributed by atoms with Crippen molar-refractivity contribution in [2.45, 2.75) is 6.42 Å². The summed E-state index contributed by atoms with van der Waals surface area (Å²) in [7, 11) is 0. The van der Waals surface area contributed by atoms with Crippen molar-refractivity contribution in [1.82, 2.24) is 9.97 Å². The molecular formula is C12H9ClN4O3. The number of anilines is 1. The summed E-state index contributed by atoms with van der Waals surface area (Å²) in [5.74, 6) is -0.186. The number of halogens is 1. The Balaban J connectivity index is 2.08. The van der Waals surface area contributed by atoms with Gasteiger partial charge in [0.25, 0.3) is 5.69 Å². The number of nitrogens with one attached hydrogen (secondary N) is 1. The smallest absolute Gasteiger partial charge is 0.273 e. The first-order valence-corrected chi connectivity index (χ1v) is 5.94. The number of hydrogen-bond donors (Lipinski definition) is 1. The number of para-hydroxylation sites is 1. The third kappa shape index (κ3) is 3.48. The molecule has 0 saturated heterocycles. The molecule has 0 atom stereocenters. The van der Waals surface area contributed by atoms with Crippen molar-refractivity contribution in [1.29, 1.82) is 0 Å². The van der Waals surface area contributed by atoms with Crippen molar-refractivity contribution in [3.63, 3.8) is 0 Å². The molecule has 1 aromatic heterocycles. The van der Waals surface area contributed by atoms with Crippen LogP contribution in [-0.2, 0) is 11.2 Å². The summed E-state index contributed by atoms with van der Waals surface area (Å²) in [6, 6.07) is 6.07. The van der Waals surface area contributed by atoms with Gasteiger partial charge in [0.05, 0.1) is 23.7 Å². The number of benzene rings is 1. The third-order valence-electron chi connectivity index (χ3n) is 2.43. The van der Waals surface area contributed by atoms with E-state index < -0.39 is 10.8 Å². The zero-order chi connectivity index (χ0) is 14.5. The van der Waals surface area contributed by atoms with Crippen LogP contribution in [0.5, 0.6) is 0 Å². The lowest BCUT2D eigenvalue weighted by molar-refractivity contribution is -0.385. The van der Waals surface area contributed by atoms with E-state index in [0.717, 1.165) is 0 Å². The van der Waals surface area contributed by atoms with Gasteiger partial charge in [0.15, 0.2) is 5.82 Å². The fourth-order valence-electron chi connectivity index (χ4n) is 1.58. The Labute approximate surface area is 118 Å². The number of amides is 1. The lowest BCUT2D eigenvalue weighted by Crippen LogP contribution is -2.16. The fraction of sp³-hybridized carbons (Fsp3) is 0.0833. The van der Waals surface area contributed by atoms with Crippen molar-refractivity contribution in [2.75, 3.05) is 5.32 Å². The molecule has 1 N–H and O–H groups in total. The lowest BCUT2D eigenvalue weighted by Gasteiger charge is -2.04. The van der Waals surface area contributed by atoms with Gasteiger partial charge < -0.3 is 5.32 Å². The van der Waals surface area contributed by atoms with Crippen LogP contribution in [0.15, 0.2) is 36.7 Å². The van der Waals surface area contributed by atoms with Crippen LogP contribution in [0, 0.1) is 10.1 Å². The minimum absolute atomic E-state index is 0.0927. The molecule has 0 aliphatic carbocycles. The molecule has 0 spiro atoms. The molecular weight excluding hydrogens is 284 g/mol. The average Bonchev–Trinajstić information content (AvgIpc) is 2.41. The molecule has 0 aliphatic rings. The molecule has 2 aromatic rings. The second-order valence-electron chi connectivity index (χ2n) is 3.84. The van der Waals surface area contributed by atoms with Crippen molar-refractivity contribution in [2.24, 2.45) is 0 Å². The van der Waals surface area contributed by atoms with Crippen molar-refractivity contribution in [3.8, 4) is 0 Å². The van der Waals surface area contributed by atoms with Gasteiger partial charge in [-0.25, -0.2) is 9.97 Å². The number of rotatable bonds is 4. The summed E-state index contributed by atoms with van der Waals surface area (Å²) >= 11 is 5.57. The maximum absolute atomic E-state index is 11.8. The Morgan fingerprint density at radius 3 is 2.70 bits per heavy atom. The SMILES string of the molecule is O=C(Cc1ccccc1[N+](=O)[O-])Nc1cnc(Cl)cn1. The minimum Gasteiger partial charge on any atom is -0.309 e. The Hall–Kier alpha value is -2.54. The van der Waals surface area contributed by atoms with Gasteiger partial charge in [0, 0.05) is 11.6 Å². The zero-order valence-electron chi connectivity index (χ0n) is 10.1. The number of hydrogen-bond acceptors (Lipinski definition) is 5. The van der Waals surface area contributed by atoms with E-state index in [1.165, 1.54) is 24.5 Å². The molecule has 1 amide bonds. The molecule has 102 valence electrons. The predicted molar refractivity (Wildman–Crippen MR) is 72.5 cm³/mol. The molecule has 2 rings (SSSR count). The number of carbonyl (C=O) groups excluding carboxylic acids is 1. The summed E-state index contributed by atoms with van der Waals surface area (Å²) in [5.41, 5.74) is 0.238. The number of aromatic nitrogens is 2. The van der Waals surface area contributed by atoms with E-state index in [-0.39, 0.29) is 23.1 Å². The van der Waals surface area contributed by atoms with E-state index in [0.29, 0.717) is 5.56 Å². The number of nitro groups is 1. The third-order valence-corrected chi connectivity index (χ3v) is 2.62. The van der Waals surface area contributed by atoms with E-state index >= 15 is 0 Å². The molecule has 0 radical (unpaired) electrons. The largest absolute Gasteiger partial charge is 0.309 e. The number of carbonyl (C=O) groups is 1. The molecule has 0 bridgehead atoms. The predicted octanol–water partition coefficient (Wildman–Crippen LogP) is 2.22. The van der Waals surface area contributed by atoms with Gasteiger partial charge in [-0.3, -0.25) is 14.9 Å². The summed E-state index contributed by atoms with van der Waals surface area (Å²) < 4.78 is 0. The number of nitrogens with zero attached hydrogens (tertiary/aromatic N) is 3. The Bertz CT molecular complexity index is 645. The zero-order valence-corrected chi connectivity index (χ0v) is 10.9. The van der Waals surface area contributed by atoms with Crippen LogP contribution in [0.2, 0.25) is 5.15 Å². The summed E-state index contributed by atoms with van der Waals surface area (Å²) in [5, 5.41) is 13.5. The van der Waals surface area contributed by atoms with Crippen LogP contribution in [0.1, 0.15) is 5.56 Å². The van der Waals surface area contributed by atoms with Crippen molar-refractivity contribution >= 4 is 29.0 Å². The second-order valence-corrected chi connectivity index (χ2v) is 4.22. The van der Waals surface area contributed by atoms with Crippen LogP contribution in [0.25, 0.3) is 0 Å². The molecule has 7 nitrogen and oxygen atoms in total. The Morgan fingerprint density at radius 2 is 2.05 bits per heavy atom. The second kappa shape index (κ2) is 6.07.